The zero-order chi connectivity index (χ0) is 9.61. The van der Waals surface area contributed by atoms with Crippen LogP contribution in [0.3, 0.4) is 0 Å². The van der Waals surface area contributed by atoms with E-state index in [4.69, 9.17) is 6.42 Å². The van der Waals surface area contributed by atoms with Crippen molar-refractivity contribution in [1.29, 1.82) is 0 Å². The number of terminal acetylenes is 1. The van der Waals surface area contributed by atoms with Crippen LogP contribution in [0.25, 0.3) is 0 Å². The first-order chi connectivity index (χ1) is 5.54. The summed E-state index contributed by atoms with van der Waals surface area (Å²) >= 11 is 0. The molecule has 0 bridgehead atoms. The van der Waals surface area contributed by atoms with Gasteiger partial charge in [0.2, 0.25) is 0 Å². The number of rotatable bonds is 4. The van der Waals surface area contributed by atoms with E-state index in [1.807, 2.05) is 0 Å². The second-order valence-corrected chi connectivity index (χ2v) is 3.56. The molecular weight excluding hydrogens is 176 g/mol. The van der Waals surface area contributed by atoms with Gasteiger partial charge in [-0.05, 0) is 13.0 Å². The minimum atomic E-state index is -3.71. The normalized spacial score (nSPS) is 11.3. The summed E-state index contributed by atoms with van der Waals surface area (Å²) in [7, 11) is -3.71. The van der Waals surface area contributed by atoms with Crippen molar-refractivity contribution in [2.75, 3.05) is 6.61 Å². The first kappa shape index (κ1) is 11.0. The van der Waals surface area contributed by atoms with Crippen LogP contribution in [0.15, 0.2) is 23.6 Å². The standard InChI is InChI=1S/C8H10O3S/c1-4-6-8(3)12(9,10)11-7-5-2/h2,4,6H,3,7H2,1H3/b6-4-. The van der Waals surface area contributed by atoms with Gasteiger partial charge in [0.1, 0.15) is 6.61 Å². The molecular formula is C8H10O3S. The molecule has 0 saturated carbocycles. The van der Waals surface area contributed by atoms with Crippen LogP contribution < -0.4 is 0 Å². The van der Waals surface area contributed by atoms with Crippen molar-refractivity contribution in [3.63, 3.8) is 0 Å². The van der Waals surface area contributed by atoms with Crippen molar-refractivity contribution < 1.29 is 12.6 Å². The van der Waals surface area contributed by atoms with Crippen molar-refractivity contribution in [2.45, 2.75) is 6.92 Å². The molecule has 0 aliphatic rings. The highest BCUT2D eigenvalue weighted by Crippen LogP contribution is 2.07. The lowest BCUT2D eigenvalue weighted by Gasteiger charge is -2.00. The molecule has 0 aromatic carbocycles. The van der Waals surface area contributed by atoms with Crippen molar-refractivity contribution in [2.24, 2.45) is 0 Å². The van der Waals surface area contributed by atoms with Gasteiger partial charge in [-0.15, -0.1) is 6.42 Å². The molecule has 66 valence electrons. The Labute approximate surface area is 72.9 Å². The van der Waals surface area contributed by atoms with Gasteiger partial charge in [-0.25, -0.2) is 0 Å². The zero-order valence-corrected chi connectivity index (χ0v) is 7.60. The van der Waals surface area contributed by atoms with Crippen LogP contribution >= 0.6 is 0 Å². The highest BCUT2D eigenvalue weighted by molar-refractivity contribution is 7.90. The molecule has 3 nitrogen and oxygen atoms in total. The molecule has 0 fully saturated rings. The molecule has 0 spiro atoms. The number of hydrogen-bond donors (Lipinski definition) is 0. The van der Waals surface area contributed by atoms with Gasteiger partial charge in [-0.1, -0.05) is 18.6 Å². The summed E-state index contributed by atoms with van der Waals surface area (Å²) in [4.78, 5) is -0.0970. The third-order valence-corrected chi connectivity index (χ3v) is 2.18. The van der Waals surface area contributed by atoms with Gasteiger partial charge in [0.15, 0.2) is 0 Å². The van der Waals surface area contributed by atoms with Crippen LogP contribution in [0.1, 0.15) is 6.92 Å². The summed E-state index contributed by atoms with van der Waals surface area (Å²) in [6.45, 7) is 4.72. The molecule has 0 rings (SSSR count). The third-order valence-electron chi connectivity index (χ3n) is 0.971. The highest BCUT2D eigenvalue weighted by atomic mass is 32.2. The lowest BCUT2D eigenvalue weighted by Crippen LogP contribution is -2.06. The van der Waals surface area contributed by atoms with Crippen molar-refractivity contribution >= 4 is 10.1 Å². The lowest BCUT2D eigenvalue weighted by atomic mass is 10.5. The summed E-state index contributed by atoms with van der Waals surface area (Å²) in [6.07, 6.45) is 7.72. The molecule has 0 atom stereocenters. The second kappa shape index (κ2) is 4.75. The minimum Gasteiger partial charge on any atom is -0.253 e. The summed E-state index contributed by atoms with van der Waals surface area (Å²) in [6, 6.07) is 0. The SMILES string of the molecule is C#CCOS(=O)(=O)C(=C)/C=C\C. The monoisotopic (exact) mass is 186 g/mol. The fourth-order valence-electron chi connectivity index (χ4n) is 0.457. The average Bonchev–Trinajstić information content (AvgIpc) is 2.01. The molecule has 0 unspecified atom stereocenters. The Hall–Kier alpha value is -1.05. The topological polar surface area (TPSA) is 43.4 Å². The molecule has 4 heteroatoms. The van der Waals surface area contributed by atoms with E-state index in [0.29, 0.717) is 0 Å². The van der Waals surface area contributed by atoms with E-state index in [0.717, 1.165) is 0 Å². The molecule has 0 aromatic heterocycles. The maximum absolute atomic E-state index is 11.0. The molecule has 0 saturated heterocycles. The van der Waals surface area contributed by atoms with Crippen molar-refractivity contribution in [3.05, 3.63) is 23.6 Å². The summed E-state index contributed by atoms with van der Waals surface area (Å²) in [5.41, 5.74) is 0. The fraction of sp³-hybridized carbons (Fsp3) is 0.250. The molecule has 0 radical (unpaired) electrons. The van der Waals surface area contributed by atoms with E-state index >= 15 is 0 Å². The Morgan fingerprint density at radius 2 is 2.33 bits per heavy atom. The lowest BCUT2D eigenvalue weighted by molar-refractivity contribution is 0.369. The number of allylic oxidation sites excluding steroid dienone is 2. The Balaban J connectivity index is 4.44. The van der Waals surface area contributed by atoms with E-state index in [-0.39, 0.29) is 11.5 Å². The Morgan fingerprint density at radius 1 is 1.75 bits per heavy atom. The third kappa shape index (κ3) is 3.37. The van der Waals surface area contributed by atoms with Gasteiger partial charge in [0.05, 0.1) is 4.91 Å². The minimum absolute atomic E-state index is 0.0970. The Kier molecular flexibility index (Phi) is 4.34. The van der Waals surface area contributed by atoms with Crippen LogP contribution in [-0.4, -0.2) is 15.0 Å². The van der Waals surface area contributed by atoms with Crippen LogP contribution in [0, 0.1) is 12.3 Å². The first-order valence-corrected chi connectivity index (χ1v) is 4.60. The van der Waals surface area contributed by atoms with Crippen LogP contribution in [0.5, 0.6) is 0 Å². The van der Waals surface area contributed by atoms with Crippen LogP contribution in [0.4, 0.5) is 0 Å². The van der Waals surface area contributed by atoms with Crippen LogP contribution in [0.2, 0.25) is 0 Å². The molecule has 0 aliphatic carbocycles. The second-order valence-electron chi connectivity index (χ2n) is 1.89. The summed E-state index contributed by atoms with van der Waals surface area (Å²) in [5.74, 6) is 2.05. The first-order valence-electron chi connectivity index (χ1n) is 3.19. The maximum Gasteiger partial charge on any atom is 0.297 e. The van der Waals surface area contributed by atoms with Crippen molar-refractivity contribution in [1.82, 2.24) is 0 Å². The fourth-order valence-corrected chi connectivity index (χ4v) is 1.13. The van der Waals surface area contributed by atoms with Gasteiger partial charge in [0, 0.05) is 0 Å². The molecule has 0 N–H and O–H groups in total. The van der Waals surface area contributed by atoms with Gasteiger partial charge >= 0.3 is 0 Å². The van der Waals surface area contributed by atoms with Crippen molar-refractivity contribution in [3.8, 4) is 12.3 Å². The molecule has 12 heavy (non-hydrogen) atoms. The van der Waals surface area contributed by atoms with E-state index in [2.05, 4.69) is 16.7 Å². The predicted octanol–water partition coefficient (Wildman–Crippen LogP) is 1.06. The van der Waals surface area contributed by atoms with Gasteiger partial charge in [0.25, 0.3) is 10.1 Å². The molecule has 0 heterocycles. The van der Waals surface area contributed by atoms with E-state index < -0.39 is 10.1 Å². The Morgan fingerprint density at radius 3 is 2.75 bits per heavy atom. The van der Waals surface area contributed by atoms with E-state index in [9.17, 15) is 8.42 Å². The largest absolute Gasteiger partial charge is 0.297 e. The predicted molar refractivity (Wildman–Crippen MR) is 47.7 cm³/mol. The molecule has 0 amide bonds. The number of hydrogen-bond acceptors (Lipinski definition) is 3. The van der Waals surface area contributed by atoms with Gasteiger partial charge in [-0.3, -0.25) is 4.18 Å². The summed E-state index contributed by atoms with van der Waals surface area (Å²) < 4.78 is 26.4. The highest BCUT2D eigenvalue weighted by Gasteiger charge is 2.12. The van der Waals surface area contributed by atoms with E-state index in [1.165, 1.54) is 6.08 Å². The molecule has 0 aromatic rings. The zero-order valence-electron chi connectivity index (χ0n) is 6.78. The summed E-state index contributed by atoms with van der Waals surface area (Å²) in [5, 5.41) is 0. The average molecular weight is 186 g/mol. The van der Waals surface area contributed by atoms with Gasteiger partial charge < -0.3 is 0 Å². The van der Waals surface area contributed by atoms with E-state index in [1.54, 1.807) is 13.0 Å². The maximum atomic E-state index is 11.0. The van der Waals surface area contributed by atoms with Gasteiger partial charge in [-0.2, -0.15) is 8.42 Å². The smallest absolute Gasteiger partial charge is 0.253 e. The molecule has 0 aliphatic heterocycles. The Bertz CT molecular complexity index is 317. The van der Waals surface area contributed by atoms with Crippen LogP contribution in [-0.2, 0) is 14.3 Å². The quantitative estimate of drug-likeness (QED) is 0.374.